The van der Waals surface area contributed by atoms with Gasteiger partial charge >= 0.3 is 0 Å². The Morgan fingerprint density at radius 2 is 1.66 bits per heavy atom. The van der Waals surface area contributed by atoms with E-state index in [2.05, 4.69) is 37.1 Å². The molecule has 0 radical (unpaired) electrons. The van der Waals surface area contributed by atoms with E-state index in [1.807, 2.05) is 19.1 Å². The van der Waals surface area contributed by atoms with Gasteiger partial charge in [-0.1, -0.05) is 19.4 Å². The fourth-order valence-electron chi connectivity index (χ4n) is 3.28. The van der Waals surface area contributed by atoms with Gasteiger partial charge in [0.25, 0.3) is 11.8 Å². The van der Waals surface area contributed by atoms with Crippen LogP contribution in [0.3, 0.4) is 0 Å². The third kappa shape index (κ3) is 5.83. The molecule has 2 rings (SSSR count). The van der Waals surface area contributed by atoms with Gasteiger partial charge in [0.05, 0.1) is 0 Å². The first-order valence-corrected chi connectivity index (χ1v) is 10.4. The number of carbonyl (C=O) groups is 2. The van der Waals surface area contributed by atoms with E-state index in [0.717, 1.165) is 42.9 Å². The highest BCUT2D eigenvalue weighted by Crippen LogP contribution is 2.23. The molecule has 0 atom stereocenters. The predicted molar refractivity (Wildman–Crippen MR) is 121 cm³/mol. The fourth-order valence-corrected chi connectivity index (χ4v) is 3.28. The normalized spacial score (nSPS) is 10.5. The smallest absolute Gasteiger partial charge is 0.255 e. The summed E-state index contributed by atoms with van der Waals surface area (Å²) in [5.74, 6) is -0.276. The van der Waals surface area contributed by atoms with E-state index < -0.39 is 0 Å². The molecule has 0 saturated heterocycles. The molecule has 2 aromatic rings. The van der Waals surface area contributed by atoms with Crippen LogP contribution in [0.15, 0.2) is 42.5 Å². The highest BCUT2D eigenvalue weighted by atomic mass is 16.2. The van der Waals surface area contributed by atoms with E-state index >= 15 is 0 Å². The van der Waals surface area contributed by atoms with Crippen LogP contribution in [0.5, 0.6) is 0 Å². The molecule has 5 heteroatoms. The number of nitrogens with one attached hydrogen (secondary N) is 1. The van der Waals surface area contributed by atoms with Crippen molar-refractivity contribution in [2.75, 3.05) is 36.9 Å². The van der Waals surface area contributed by atoms with Gasteiger partial charge in [0.1, 0.15) is 0 Å². The fraction of sp³-hybridized carbons (Fsp3) is 0.417. The number of amides is 2. The average Bonchev–Trinajstić information content (AvgIpc) is 2.74. The minimum atomic E-state index is -0.213. The standard InChI is InChI=1S/C24H33N3O2/c1-6-9-15-26(5)24(29)20-12-10-11-19(17-20)23(28)25-22-14-13-21(16-18(22)4)27(7-2)8-3/h10-14,16-17H,6-9,15H2,1-5H3,(H,25,28). The van der Waals surface area contributed by atoms with Crippen LogP contribution < -0.4 is 10.2 Å². The predicted octanol–water partition coefficient (Wildman–Crippen LogP) is 4.97. The molecule has 0 aromatic heterocycles. The number of anilines is 2. The second-order valence-electron chi connectivity index (χ2n) is 7.29. The highest BCUT2D eigenvalue weighted by molar-refractivity contribution is 6.06. The number of carbonyl (C=O) groups excluding carboxylic acids is 2. The van der Waals surface area contributed by atoms with Gasteiger partial charge in [-0.3, -0.25) is 9.59 Å². The minimum Gasteiger partial charge on any atom is -0.372 e. The van der Waals surface area contributed by atoms with E-state index in [1.165, 1.54) is 0 Å². The Hall–Kier alpha value is -2.82. The maximum absolute atomic E-state index is 12.8. The Kier molecular flexibility index (Phi) is 8.25. The Bertz CT molecular complexity index is 844. The highest BCUT2D eigenvalue weighted by Gasteiger charge is 2.15. The molecule has 0 saturated carbocycles. The Labute approximate surface area is 174 Å². The average molecular weight is 396 g/mol. The van der Waals surface area contributed by atoms with E-state index in [1.54, 1.807) is 36.2 Å². The van der Waals surface area contributed by atoms with Gasteiger partial charge in [-0.05, 0) is 69.2 Å². The van der Waals surface area contributed by atoms with Crippen LogP contribution in [0.4, 0.5) is 11.4 Å². The first kappa shape index (κ1) is 22.5. The van der Waals surface area contributed by atoms with Crippen LogP contribution in [0.1, 0.15) is 59.9 Å². The van der Waals surface area contributed by atoms with Crippen molar-refractivity contribution >= 4 is 23.2 Å². The summed E-state index contributed by atoms with van der Waals surface area (Å²) in [6, 6.07) is 13.0. The molecule has 0 unspecified atom stereocenters. The van der Waals surface area contributed by atoms with Crippen LogP contribution in [0.2, 0.25) is 0 Å². The number of aryl methyl sites for hydroxylation is 1. The Balaban J connectivity index is 2.14. The minimum absolute atomic E-state index is 0.0622. The van der Waals surface area contributed by atoms with Crippen molar-refractivity contribution in [3.05, 3.63) is 59.2 Å². The van der Waals surface area contributed by atoms with E-state index in [4.69, 9.17) is 0 Å². The Morgan fingerprint density at radius 3 is 2.28 bits per heavy atom. The molecule has 0 aliphatic carbocycles. The molecule has 0 aliphatic rings. The molecule has 0 fully saturated rings. The number of benzene rings is 2. The quantitative estimate of drug-likeness (QED) is 0.652. The zero-order valence-electron chi connectivity index (χ0n) is 18.3. The zero-order chi connectivity index (χ0) is 21.4. The SMILES string of the molecule is CCCCN(C)C(=O)c1cccc(C(=O)Nc2ccc(N(CC)CC)cc2C)c1. The lowest BCUT2D eigenvalue weighted by Gasteiger charge is -2.22. The van der Waals surface area contributed by atoms with Crippen LogP contribution in [-0.2, 0) is 0 Å². The number of hydrogen-bond acceptors (Lipinski definition) is 3. The van der Waals surface area contributed by atoms with Gasteiger partial charge in [-0.25, -0.2) is 0 Å². The number of nitrogens with zero attached hydrogens (tertiary/aromatic N) is 2. The molecular formula is C24H33N3O2. The molecule has 5 nitrogen and oxygen atoms in total. The van der Waals surface area contributed by atoms with E-state index in [0.29, 0.717) is 17.7 Å². The summed E-state index contributed by atoms with van der Waals surface area (Å²) < 4.78 is 0. The summed E-state index contributed by atoms with van der Waals surface area (Å²) in [4.78, 5) is 29.3. The third-order valence-electron chi connectivity index (χ3n) is 5.15. The molecule has 0 bridgehead atoms. The second kappa shape index (κ2) is 10.6. The lowest BCUT2D eigenvalue weighted by Crippen LogP contribution is -2.28. The van der Waals surface area contributed by atoms with Crippen molar-refractivity contribution < 1.29 is 9.59 Å². The van der Waals surface area contributed by atoms with Gasteiger partial charge in [0, 0.05) is 49.2 Å². The first-order valence-electron chi connectivity index (χ1n) is 10.4. The summed E-state index contributed by atoms with van der Waals surface area (Å²) in [6.45, 7) is 10.9. The van der Waals surface area contributed by atoms with Gasteiger partial charge in [0.15, 0.2) is 0 Å². The Morgan fingerprint density at radius 1 is 0.966 bits per heavy atom. The van der Waals surface area contributed by atoms with Crippen molar-refractivity contribution in [1.82, 2.24) is 4.90 Å². The third-order valence-corrected chi connectivity index (χ3v) is 5.15. The van der Waals surface area contributed by atoms with E-state index in [-0.39, 0.29) is 11.8 Å². The van der Waals surface area contributed by atoms with Crippen LogP contribution in [0.25, 0.3) is 0 Å². The first-order chi connectivity index (χ1) is 13.9. The summed E-state index contributed by atoms with van der Waals surface area (Å²) in [5.41, 5.74) is 3.95. The lowest BCUT2D eigenvalue weighted by atomic mass is 10.1. The second-order valence-corrected chi connectivity index (χ2v) is 7.29. The van der Waals surface area contributed by atoms with Crippen molar-refractivity contribution in [3.63, 3.8) is 0 Å². The topological polar surface area (TPSA) is 52.7 Å². The van der Waals surface area contributed by atoms with Crippen molar-refractivity contribution in [1.29, 1.82) is 0 Å². The number of unbranched alkanes of at least 4 members (excludes halogenated alkanes) is 1. The van der Waals surface area contributed by atoms with E-state index in [9.17, 15) is 9.59 Å². The monoisotopic (exact) mass is 395 g/mol. The van der Waals surface area contributed by atoms with Crippen LogP contribution >= 0.6 is 0 Å². The van der Waals surface area contributed by atoms with Gasteiger partial charge in [0.2, 0.25) is 0 Å². The molecular weight excluding hydrogens is 362 g/mol. The molecule has 0 aliphatic heterocycles. The molecule has 2 aromatic carbocycles. The van der Waals surface area contributed by atoms with Crippen LogP contribution in [-0.4, -0.2) is 43.4 Å². The molecule has 29 heavy (non-hydrogen) atoms. The molecule has 0 spiro atoms. The van der Waals surface area contributed by atoms with Crippen molar-refractivity contribution in [2.45, 2.75) is 40.5 Å². The van der Waals surface area contributed by atoms with Crippen LogP contribution in [0, 0.1) is 6.92 Å². The summed E-state index contributed by atoms with van der Waals surface area (Å²) in [5, 5.41) is 2.98. The summed E-state index contributed by atoms with van der Waals surface area (Å²) in [6.07, 6.45) is 2.00. The lowest BCUT2D eigenvalue weighted by molar-refractivity contribution is 0.0793. The number of rotatable bonds is 9. The van der Waals surface area contributed by atoms with Crippen molar-refractivity contribution in [2.24, 2.45) is 0 Å². The molecule has 0 heterocycles. The maximum atomic E-state index is 12.8. The molecule has 156 valence electrons. The summed E-state index contributed by atoms with van der Waals surface area (Å²) >= 11 is 0. The summed E-state index contributed by atoms with van der Waals surface area (Å²) in [7, 11) is 1.80. The van der Waals surface area contributed by atoms with Gasteiger partial charge in [-0.2, -0.15) is 0 Å². The zero-order valence-corrected chi connectivity index (χ0v) is 18.3. The number of hydrogen-bond donors (Lipinski definition) is 1. The van der Waals surface area contributed by atoms with Crippen molar-refractivity contribution in [3.8, 4) is 0 Å². The van der Waals surface area contributed by atoms with Gasteiger partial charge < -0.3 is 15.1 Å². The molecule has 1 N–H and O–H groups in total. The molecule has 2 amide bonds. The maximum Gasteiger partial charge on any atom is 0.255 e. The van der Waals surface area contributed by atoms with Gasteiger partial charge in [-0.15, -0.1) is 0 Å². The largest absolute Gasteiger partial charge is 0.372 e.